The van der Waals surface area contributed by atoms with Gasteiger partial charge in [-0.3, -0.25) is 0 Å². The molecule has 2 nitrogen and oxygen atoms in total. The largest absolute Gasteiger partial charge is 0.389 e. The smallest absolute Gasteiger partial charge is 0.106 e. The van der Waals surface area contributed by atoms with Crippen molar-refractivity contribution in [3.8, 4) is 0 Å². The van der Waals surface area contributed by atoms with E-state index in [1.807, 2.05) is 12.1 Å². The van der Waals surface area contributed by atoms with E-state index in [9.17, 15) is 0 Å². The van der Waals surface area contributed by atoms with Gasteiger partial charge >= 0.3 is 0 Å². The lowest BCUT2D eigenvalue weighted by Crippen LogP contribution is -2.36. The highest BCUT2D eigenvalue weighted by Gasteiger charge is 2.26. The van der Waals surface area contributed by atoms with Gasteiger partial charge in [-0.15, -0.1) is 0 Å². The van der Waals surface area contributed by atoms with Gasteiger partial charge in [0.15, 0.2) is 0 Å². The predicted octanol–water partition coefficient (Wildman–Crippen LogP) is 4.26. The van der Waals surface area contributed by atoms with Crippen molar-refractivity contribution in [2.45, 2.75) is 53.5 Å². The second-order valence-electron chi connectivity index (χ2n) is 7.16. The summed E-state index contributed by atoms with van der Waals surface area (Å²) in [5.74, 6) is 0. The van der Waals surface area contributed by atoms with Crippen molar-refractivity contribution >= 4 is 22.9 Å². The van der Waals surface area contributed by atoms with Crippen LogP contribution in [0.1, 0.15) is 52.2 Å². The molecular weight excluding hydrogens is 252 g/mol. The average molecular weight is 278 g/mol. The first kappa shape index (κ1) is 16.0. The molecule has 0 heterocycles. The first-order valence-electron chi connectivity index (χ1n) is 6.69. The van der Waals surface area contributed by atoms with Crippen molar-refractivity contribution in [3.63, 3.8) is 0 Å². The van der Waals surface area contributed by atoms with Crippen molar-refractivity contribution < 1.29 is 0 Å². The van der Waals surface area contributed by atoms with Crippen LogP contribution in [0.3, 0.4) is 0 Å². The van der Waals surface area contributed by atoms with E-state index in [4.69, 9.17) is 18.0 Å². The number of thiocarbonyl (C=S) groups is 1. The van der Waals surface area contributed by atoms with E-state index in [2.05, 4.69) is 52.9 Å². The lowest BCUT2D eigenvalue weighted by atomic mass is 9.81. The van der Waals surface area contributed by atoms with Crippen LogP contribution in [0.2, 0.25) is 0 Å². The van der Waals surface area contributed by atoms with E-state index in [0.717, 1.165) is 17.7 Å². The summed E-state index contributed by atoms with van der Waals surface area (Å²) in [6.45, 7) is 13.3. The first-order valence-corrected chi connectivity index (χ1v) is 7.10. The summed E-state index contributed by atoms with van der Waals surface area (Å²) in [6.07, 6.45) is 1.06. The maximum absolute atomic E-state index is 5.80. The number of hydrogen-bond donors (Lipinski definition) is 2. The molecule has 19 heavy (non-hydrogen) atoms. The molecular formula is C16H26N2S. The lowest BCUT2D eigenvalue weighted by Gasteiger charge is -2.35. The Bertz CT molecular complexity index is 470. The summed E-state index contributed by atoms with van der Waals surface area (Å²) in [6, 6.07) is 6.14. The molecule has 0 atom stereocenters. The van der Waals surface area contributed by atoms with Gasteiger partial charge in [0.05, 0.1) is 0 Å². The Morgan fingerprint density at radius 3 is 2.26 bits per heavy atom. The topological polar surface area (TPSA) is 38.0 Å². The van der Waals surface area contributed by atoms with E-state index in [-0.39, 0.29) is 11.0 Å². The first-order chi connectivity index (χ1) is 8.50. The van der Waals surface area contributed by atoms with Crippen molar-refractivity contribution in [2.75, 3.05) is 5.32 Å². The highest BCUT2D eigenvalue weighted by molar-refractivity contribution is 7.80. The third kappa shape index (κ3) is 5.19. The molecule has 1 rings (SSSR count). The Hall–Kier alpha value is -1.09. The van der Waals surface area contributed by atoms with Gasteiger partial charge in [-0.25, -0.2) is 0 Å². The van der Waals surface area contributed by atoms with Crippen LogP contribution in [0.4, 0.5) is 5.69 Å². The Morgan fingerprint density at radius 2 is 1.79 bits per heavy atom. The van der Waals surface area contributed by atoms with Crippen LogP contribution in [0.15, 0.2) is 18.2 Å². The fourth-order valence-electron chi connectivity index (χ4n) is 2.71. The molecule has 106 valence electrons. The molecule has 0 unspecified atom stereocenters. The summed E-state index contributed by atoms with van der Waals surface area (Å²) in [5, 5.41) is 3.60. The molecule has 1 aromatic carbocycles. The number of anilines is 1. The van der Waals surface area contributed by atoms with Crippen molar-refractivity contribution in [2.24, 2.45) is 11.1 Å². The molecule has 0 amide bonds. The second-order valence-corrected chi connectivity index (χ2v) is 7.60. The van der Waals surface area contributed by atoms with Crippen LogP contribution in [0, 0.1) is 12.3 Å². The highest BCUT2D eigenvalue weighted by atomic mass is 32.1. The summed E-state index contributed by atoms with van der Waals surface area (Å²) in [5.41, 5.74) is 9.21. The minimum atomic E-state index is -0.00836. The van der Waals surface area contributed by atoms with Crippen molar-refractivity contribution in [3.05, 3.63) is 29.3 Å². The van der Waals surface area contributed by atoms with E-state index in [1.165, 1.54) is 5.56 Å². The molecule has 0 spiro atoms. The zero-order valence-corrected chi connectivity index (χ0v) is 13.7. The minimum absolute atomic E-state index is 0.00836. The van der Waals surface area contributed by atoms with Gasteiger partial charge in [0.1, 0.15) is 4.99 Å². The van der Waals surface area contributed by atoms with Crippen LogP contribution in [0.5, 0.6) is 0 Å². The monoisotopic (exact) mass is 278 g/mol. The molecule has 0 fully saturated rings. The molecule has 3 N–H and O–H groups in total. The number of nitrogens with one attached hydrogen (secondary N) is 1. The predicted molar refractivity (Wildman–Crippen MR) is 88.8 cm³/mol. The van der Waals surface area contributed by atoms with Crippen LogP contribution in [-0.4, -0.2) is 10.5 Å². The van der Waals surface area contributed by atoms with Gasteiger partial charge in [0.25, 0.3) is 0 Å². The van der Waals surface area contributed by atoms with Crippen LogP contribution in [-0.2, 0) is 0 Å². The van der Waals surface area contributed by atoms with Gasteiger partial charge in [-0.2, -0.15) is 0 Å². The van der Waals surface area contributed by atoms with E-state index < -0.39 is 0 Å². The second kappa shape index (κ2) is 5.49. The highest BCUT2D eigenvalue weighted by Crippen LogP contribution is 2.31. The van der Waals surface area contributed by atoms with E-state index >= 15 is 0 Å². The Kier molecular flexibility index (Phi) is 4.62. The third-order valence-electron chi connectivity index (χ3n) is 2.89. The molecule has 0 saturated carbocycles. The van der Waals surface area contributed by atoms with Gasteiger partial charge in [0.2, 0.25) is 0 Å². The van der Waals surface area contributed by atoms with Gasteiger partial charge in [-0.1, -0.05) is 39.1 Å². The fourth-order valence-corrected chi connectivity index (χ4v) is 2.89. The Morgan fingerprint density at radius 1 is 1.21 bits per heavy atom. The maximum Gasteiger partial charge on any atom is 0.106 e. The number of aryl methyl sites for hydroxylation is 1. The lowest BCUT2D eigenvalue weighted by molar-refractivity contribution is 0.302. The van der Waals surface area contributed by atoms with E-state index in [1.54, 1.807) is 0 Å². The molecule has 0 aliphatic carbocycles. The minimum Gasteiger partial charge on any atom is -0.389 e. The number of hydrogen-bond acceptors (Lipinski definition) is 2. The van der Waals surface area contributed by atoms with Crippen molar-refractivity contribution in [1.82, 2.24) is 0 Å². The van der Waals surface area contributed by atoms with Crippen LogP contribution < -0.4 is 11.1 Å². The fraction of sp³-hybridized carbons (Fsp3) is 0.562. The molecule has 0 aromatic heterocycles. The van der Waals surface area contributed by atoms with Gasteiger partial charge in [0, 0.05) is 16.8 Å². The summed E-state index contributed by atoms with van der Waals surface area (Å²) in [7, 11) is 0. The SMILES string of the molecule is Cc1ccc(C(N)=S)c(NC(C)(C)CC(C)(C)C)c1. The molecule has 0 saturated heterocycles. The van der Waals surface area contributed by atoms with E-state index in [0.29, 0.717) is 4.99 Å². The maximum atomic E-state index is 5.80. The molecule has 0 aliphatic rings. The quantitative estimate of drug-likeness (QED) is 0.808. The normalized spacial score (nSPS) is 12.3. The number of benzene rings is 1. The Labute approximate surface area is 122 Å². The standard InChI is InChI=1S/C16H26N2S/c1-11-7-8-12(14(17)19)13(9-11)18-16(5,6)10-15(2,3)4/h7-9,18H,10H2,1-6H3,(H2,17,19). The average Bonchev–Trinajstić information content (AvgIpc) is 2.11. The number of rotatable bonds is 4. The molecule has 0 bridgehead atoms. The summed E-state index contributed by atoms with van der Waals surface area (Å²) in [4.78, 5) is 0.439. The van der Waals surface area contributed by atoms with Crippen LogP contribution in [0.25, 0.3) is 0 Å². The molecule has 0 aliphatic heterocycles. The zero-order chi connectivity index (χ0) is 14.8. The summed E-state index contributed by atoms with van der Waals surface area (Å²) >= 11 is 5.13. The molecule has 3 heteroatoms. The number of nitrogens with two attached hydrogens (primary N) is 1. The molecule has 1 aromatic rings. The molecule has 0 radical (unpaired) electrons. The zero-order valence-electron chi connectivity index (χ0n) is 12.9. The summed E-state index contributed by atoms with van der Waals surface area (Å²) < 4.78 is 0. The van der Waals surface area contributed by atoms with Gasteiger partial charge in [-0.05, 0) is 50.3 Å². The third-order valence-corrected chi connectivity index (χ3v) is 3.11. The Balaban J connectivity index is 3.04. The van der Waals surface area contributed by atoms with Gasteiger partial charge < -0.3 is 11.1 Å². The van der Waals surface area contributed by atoms with Crippen molar-refractivity contribution in [1.29, 1.82) is 0 Å². The van der Waals surface area contributed by atoms with Crippen LogP contribution >= 0.6 is 12.2 Å².